The molecule has 0 unspecified atom stereocenters. The molecular formula is C17H24N4O2. The number of carbonyl (C=O) groups is 1. The largest absolute Gasteiger partial charge is 0.395 e. The van der Waals surface area contributed by atoms with E-state index in [9.17, 15) is 4.79 Å². The number of likely N-dealkylation sites (N-methyl/N-ethyl adjacent to an activating group) is 1. The van der Waals surface area contributed by atoms with Crippen LogP contribution >= 0.6 is 0 Å². The molecule has 0 aliphatic rings. The Morgan fingerprint density at radius 1 is 1.35 bits per heavy atom. The maximum absolute atomic E-state index is 12.0. The summed E-state index contributed by atoms with van der Waals surface area (Å²) in [6, 6.07) is 7.60. The summed E-state index contributed by atoms with van der Waals surface area (Å²) < 4.78 is 1.81. The molecule has 6 heteroatoms. The van der Waals surface area contributed by atoms with Crippen molar-refractivity contribution in [3.63, 3.8) is 0 Å². The summed E-state index contributed by atoms with van der Waals surface area (Å²) >= 11 is 0. The van der Waals surface area contributed by atoms with Gasteiger partial charge in [-0.05, 0) is 43.2 Å². The lowest BCUT2D eigenvalue weighted by Crippen LogP contribution is -2.21. The second-order valence-corrected chi connectivity index (χ2v) is 5.62. The molecule has 1 aromatic carbocycles. The van der Waals surface area contributed by atoms with Crippen LogP contribution < -0.4 is 10.2 Å². The van der Waals surface area contributed by atoms with Crippen LogP contribution in [0.15, 0.2) is 30.5 Å². The standard InChI is InChI=1S/C17H24N4O2/c1-13-14(12-18-21(13)3)4-9-17(23)19-15-5-7-16(8-6-15)20(2)10-11-22/h5-8,12,22H,4,9-11H2,1-3H3,(H,19,23). The van der Waals surface area contributed by atoms with Gasteiger partial charge in [0.25, 0.3) is 0 Å². The normalized spacial score (nSPS) is 10.6. The van der Waals surface area contributed by atoms with Gasteiger partial charge in [0.2, 0.25) is 5.91 Å². The molecule has 23 heavy (non-hydrogen) atoms. The SMILES string of the molecule is Cc1c(CCC(=O)Nc2ccc(N(C)CCO)cc2)cnn1C. The number of anilines is 2. The number of rotatable bonds is 7. The minimum Gasteiger partial charge on any atom is -0.395 e. The summed E-state index contributed by atoms with van der Waals surface area (Å²) in [4.78, 5) is 14.0. The van der Waals surface area contributed by atoms with Gasteiger partial charge in [0.1, 0.15) is 0 Å². The summed E-state index contributed by atoms with van der Waals surface area (Å²) in [5.41, 5.74) is 3.97. The average Bonchev–Trinajstić information content (AvgIpc) is 2.85. The number of aryl methyl sites for hydroxylation is 2. The van der Waals surface area contributed by atoms with Gasteiger partial charge in [-0.1, -0.05) is 0 Å². The third-order valence-electron chi connectivity index (χ3n) is 3.99. The van der Waals surface area contributed by atoms with E-state index in [0.717, 1.165) is 22.6 Å². The molecule has 2 rings (SSSR count). The molecule has 0 atom stereocenters. The van der Waals surface area contributed by atoms with Crippen molar-refractivity contribution in [3.8, 4) is 0 Å². The van der Waals surface area contributed by atoms with E-state index in [1.165, 1.54) is 0 Å². The number of hydrogen-bond donors (Lipinski definition) is 2. The van der Waals surface area contributed by atoms with Gasteiger partial charge in [-0.25, -0.2) is 0 Å². The first-order chi connectivity index (χ1) is 11.0. The molecule has 2 aromatic rings. The highest BCUT2D eigenvalue weighted by molar-refractivity contribution is 5.91. The van der Waals surface area contributed by atoms with Gasteiger partial charge in [-0.2, -0.15) is 5.10 Å². The van der Waals surface area contributed by atoms with Gasteiger partial charge in [0, 0.05) is 44.1 Å². The summed E-state index contributed by atoms with van der Waals surface area (Å²) in [6.45, 7) is 2.70. The molecule has 0 saturated carbocycles. The van der Waals surface area contributed by atoms with E-state index in [4.69, 9.17) is 5.11 Å². The number of hydrogen-bond acceptors (Lipinski definition) is 4. The number of nitrogens with one attached hydrogen (secondary N) is 1. The van der Waals surface area contributed by atoms with Crippen molar-refractivity contribution in [2.45, 2.75) is 19.8 Å². The number of aliphatic hydroxyl groups is 1. The maximum Gasteiger partial charge on any atom is 0.224 e. The summed E-state index contributed by atoms with van der Waals surface area (Å²) in [6.07, 6.45) is 2.93. The molecule has 0 saturated heterocycles. The number of carbonyl (C=O) groups excluding carboxylic acids is 1. The van der Waals surface area contributed by atoms with Crippen LogP contribution in [0.1, 0.15) is 17.7 Å². The molecule has 0 fully saturated rings. The Labute approximate surface area is 136 Å². The summed E-state index contributed by atoms with van der Waals surface area (Å²) in [5.74, 6) is -0.00952. The Bertz CT molecular complexity index is 649. The highest BCUT2D eigenvalue weighted by Crippen LogP contribution is 2.17. The van der Waals surface area contributed by atoms with E-state index in [2.05, 4.69) is 10.4 Å². The molecule has 0 aliphatic carbocycles. The fourth-order valence-corrected chi connectivity index (χ4v) is 2.34. The predicted molar refractivity (Wildman–Crippen MR) is 91.7 cm³/mol. The first-order valence-electron chi connectivity index (χ1n) is 7.70. The van der Waals surface area contributed by atoms with Crippen molar-refractivity contribution < 1.29 is 9.90 Å². The Morgan fingerprint density at radius 3 is 2.61 bits per heavy atom. The molecule has 0 bridgehead atoms. The molecule has 0 spiro atoms. The zero-order valence-electron chi connectivity index (χ0n) is 13.9. The van der Waals surface area contributed by atoms with Gasteiger partial charge in [0.15, 0.2) is 0 Å². The zero-order chi connectivity index (χ0) is 16.8. The second kappa shape index (κ2) is 7.78. The van der Waals surface area contributed by atoms with Gasteiger partial charge in [-0.3, -0.25) is 9.48 Å². The van der Waals surface area contributed by atoms with E-state index in [-0.39, 0.29) is 12.5 Å². The smallest absolute Gasteiger partial charge is 0.224 e. The van der Waals surface area contributed by atoms with E-state index >= 15 is 0 Å². The van der Waals surface area contributed by atoms with Crippen LogP contribution in [-0.2, 0) is 18.3 Å². The van der Waals surface area contributed by atoms with Gasteiger partial charge >= 0.3 is 0 Å². The highest BCUT2D eigenvalue weighted by atomic mass is 16.3. The monoisotopic (exact) mass is 316 g/mol. The van der Waals surface area contributed by atoms with E-state index < -0.39 is 0 Å². The Hall–Kier alpha value is -2.34. The summed E-state index contributed by atoms with van der Waals surface area (Å²) in [5, 5.41) is 16.0. The third kappa shape index (κ3) is 4.56. The van der Waals surface area contributed by atoms with Crippen molar-refractivity contribution in [2.24, 2.45) is 7.05 Å². The van der Waals surface area contributed by atoms with Crippen LogP contribution in [-0.4, -0.2) is 41.0 Å². The molecule has 0 aliphatic heterocycles. The lowest BCUT2D eigenvalue weighted by Gasteiger charge is -2.18. The number of aliphatic hydroxyl groups excluding tert-OH is 1. The quantitative estimate of drug-likeness (QED) is 0.816. The van der Waals surface area contributed by atoms with Gasteiger partial charge in [0.05, 0.1) is 12.8 Å². The lowest BCUT2D eigenvalue weighted by atomic mass is 10.1. The van der Waals surface area contributed by atoms with Crippen molar-refractivity contribution in [1.82, 2.24) is 9.78 Å². The fourth-order valence-electron chi connectivity index (χ4n) is 2.34. The topological polar surface area (TPSA) is 70.4 Å². The van der Waals surface area contributed by atoms with Crippen LogP contribution in [0.3, 0.4) is 0 Å². The van der Waals surface area contributed by atoms with Gasteiger partial charge < -0.3 is 15.3 Å². The molecule has 0 radical (unpaired) electrons. The van der Waals surface area contributed by atoms with Crippen LogP contribution in [0.5, 0.6) is 0 Å². The number of nitrogens with zero attached hydrogens (tertiary/aromatic N) is 3. The Kier molecular flexibility index (Phi) is 5.76. The van der Waals surface area contributed by atoms with E-state index in [1.54, 1.807) is 0 Å². The van der Waals surface area contributed by atoms with E-state index in [1.807, 2.05) is 61.1 Å². The summed E-state index contributed by atoms with van der Waals surface area (Å²) in [7, 11) is 3.81. The second-order valence-electron chi connectivity index (χ2n) is 5.62. The van der Waals surface area contributed by atoms with Crippen molar-refractivity contribution in [2.75, 3.05) is 30.4 Å². The van der Waals surface area contributed by atoms with Crippen molar-refractivity contribution in [1.29, 1.82) is 0 Å². The minimum atomic E-state index is -0.00952. The molecule has 6 nitrogen and oxygen atoms in total. The minimum absolute atomic E-state index is 0.00952. The molecule has 1 heterocycles. The fraction of sp³-hybridized carbons (Fsp3) is 0.412. The molecule has 2 N–H and O–H groups in total. The maximum atomic E-state index is 12.0. The third-order valence-corrected chi connectivity index (χ3v) is 3.99. The zero-order valence-corrected chi connectivity index (χ0v) is 13.9. The van der Waals surface area contributed by atoms with Crippen molar-refractivity contribution in [3.05, 3.63) is 41.7 Å². The van der Waals surface area contributed by atoms with Gasteiger partial charge in [-0.15, -0.1) is 0 Å². The number of amides is 1. The first kappa shape index (κ1) is 17.0. The molecule has 1 aromatic heterocycles. The Morgan fingerprint density at radius 2 is 2.04 bits per heavy atom. The van der Waals surface area contributed by atoms with Crippen LogP contribution in [0, 0.1) is 6.92 Å². The first-order valence-corrected chi connectivity index (χ1v) is 7.70. The van der Waals surface area contributed by atoms with Crippen LogP contribution in [0.2, 0.25) is 0 Å². The highest BCUT2D eigenvalue weighted by Gasteiger charge is 2.08. The number of benzene rings is 1. The molecule has 124 valence electrons. The number of aromatic nitrogens is 2. The van der Waals surface area contributed by atoms with Crippen LogP contribution in [0.4, 0.5) is 11.4 Å². The lowest BCUT2D eigenvalue weighted by molar-refractivity contribution is -0.116. The average molecular weight is 316 g/mol. The molecule has 1 amide bonds. The Balaban J connectivity index is 1.86. The molecular weight excluding hydrogens is 292 g/mol. The van der Waals surface area contributed by atoms with Crippen LogP contribution in [0.25, 0.3) is 0 Å². The van der Waals surface area contributed by atoms with E-state index in [0.29, 0.717) is 19.4 Å². The van der Waals surface area contributed by atoms with Crippen molar-refractivity contribution >= 4 is 17.3 Å². The predicted octanol–water partition coefficient (Wildman–Crippen LogP) is 1.73.